The van der Waals surface area contributed by atoms with Crippen LogP contribution in [-0.4, -0.2) is 55.2 Å². The number of carbonyl (C=O) groups excluding carboxylic acids is 1. The van der Waals surface area contributed by atoms with Gasteiger partial charge in [-0.15, -0.1) is 0 Å². The van der Waals surface area contributed by atoms with Gasteiger partial charge in [0.05, 0.1) is 32.1 Å². The Morgan fingerprint density at radius 2 is 1.81 bits per heavy atom. The number of nitrogens with zero attached hydrogens (tertiary/aromatic N) is 3. The molecule has 2 heterocycles. The summed E-state index contributed by atoms with van der Waals surface area (Å²) < 4.78 is 23.0. The number of hydrogen-bond donors (Lipinski definition) is 1. The molecule has 0 atom stereocenters. The molecule has 0 bridgehead atoms. The minimum absolute atomic E-state index is 0.273. The first-order chi connectivity index (χ1) is 17.6. The quantitative estimate of drug-likeness (QED) is 0.320. The Morgan fingerprint density at radius 1 is 0.972 bits per heavy atom. The fourth-order valence-corrected chi connectivity index (χ4v) is 3.55. The van der Waals surface area contributed by atoms with E-state index in [0.29, 0.717) is 54.0 Å². The normalized spacial score (nSPS) is 10.6. The van der Waals surface area contributed by atoms with E-state index in [1.807, 2.05) is 48.5 Å². The highest BCUT2D eigenvalue weighted by Crippen LogP contribution is 2.34. The van der Waals surface area contributed by atoms with Crippen molar-refractivity contribution < 1.29 is 23.7 Å². The zero-order chi connectivity index (χ0) is 25.3. The number of ether oxygens (including phenoxy) is 4. The summed E-state index contributed by atoms with van der Waals surface area (Å²) in [7, 11) is 4.77. The molecule has 186 valence electrons. The van der Waals surface area contributed by atoms with Gasteiger partial charge in [-0.2, -0.15) is 5.10 Å². The van der Waals surface area contributed by atoms with Crippen molar-refractivity contribution in [3.05, 3.63) is 84.2 Å². The summed E-state index contributed by atoms with van der Waals surface area (Å²) in [6, 6.07) is 18.6. The summed E-state index contributed by atoms with van der Waals surface area (Å²) in [5, 5.41) is 7.70. The van der Waals surface area contributed by atoms with Gasteiger partial charge in [0, 0.05) is 43.7 Å². The first-order valence-corrected chi connectivity index (χ1v) is 11.3. The van der Waals surface area contributed by atoms with Gasteiger partial charge in [-0.3, -0.25) is 4.79 Å². The van der Waals surface area contributed by atoms with Crippen molar-refractivity contribution in [1.29, 1.82) is 0 Å². The van der Waals surface area contributed by atoms with Crippen LogP contribution < -0.4 is 19.5 Å². The van der Waals surface area contributed by atoms with E-state index < -0.39 is 0 Å². The van der Waals surface area contributed by atoms with Gasteiger partial charge in [0.25, 0.3) is 5.91 Å². The molecule has 9 nitrogen and oxygen atoms in total. The van der Waals surface area contributed by atoms with Crippen molar-refractivity contribution in [2.24, 2.45) is 0 Å². The van der Waals surface area contributed by atoms with Gasteiger partial charge in [0.15, 0.2) is 0 Å². The molecule has 0 saturated carbocycles. The molecule has 0 aliphatic carbocycles. The highest BCUT2D eigenvalue weighted by molar-refractivity contribution is 6.00. The Hall–Kier alpha value is -4.37. The zero-order valence-corrected chi connectivity index (χ0v) is 20.4. The van der Waals surface area contributed by atoms with E-state index in [0.717, 1.165) is 11.3 Å². The van der Waals surface area contributed by atoms with Crippen LogP contribution in [0.1, 0.15) is 15.9 Å². The lowest BCUT2D eigenvalue weighted by Gasteiger charge is -2.10. The molecule has 0 unspecified atom stereocenters. The van der Waals surface area contributed by atoms with Gasteiger partial charge in [-0.05, 0) is 29.8 Å². The number of nitrogens with one attached hydrogen (secondary N) is 1. The molecule has 0 radical (unpaired) electrons. The maximum Gasteiger partial charge on any atom is 0.255 e. The van der Waals surface area contributed by atoms with Crippen molar-refractivity contribution in [3.63, 3.8) is 0 Å². The number of hydrogen-bond acceptors (Lipinski definition) is 7. The van der Waals surface area contributed by atoms with Gasteiger partial charge in [-0.1, -0.05) is 24.3 Å². The number of para-hydroxylation sites is 1. The maximum absolute atomic E-state index is 13.3. The lowest BCUT2D eigenvalue weighted by atomic mass is 10.1. The third kappa shape index (κ3) is 5.81. The van der Waals surface area contributed by atoms with Crippen molar-refractivity contribution in [1.82, 2.24) is 20.1 Å². The molecule has 2 aromatic heterocycles. The summed E-state index contributed by atoms with van der Waals surface area (Å²) in [6.07, 6.45) is 3.39. The minimum atomic E-state index is -0.273. The van der Waals surface area contributed by atoms with Crippen molar-refractivity contribution in [3.8, 4) is 34.3 Å². The minimum Gasteiger partial charge on any atom is -0.497 e. The molecular weight excluding hydrogens is 460 g/mol. The molecule has 0 spiro atoms. The third-order valence-corrected chi connectivity index (χ3v) is 5.43. The number of benzene rings is 2. The fourth-order valence-electron chi connectivity index (χ4n) is 3.55. The number of pyridine rings is 1. The van der Waals surface area contributed by atoms with Crippen molar-refractivity contribution in [2.45, 2.75) is 6.54 Å². The number of aromatic nitrogens is 3. The second kappa shape index (κ2) is 11.9. The van der Waals surface area contributed by atoms with Crippen LogP contribution in [0.15, 0.2) is 73.1 Å². The van der Waals surface area contributed by atoms with E-state index >= 15 is 0 Å². The molecule has 4 rings (SSSR count). The van der Waals surface area contributed by atoms with E-state index in [4.69, 9.17) is 24.0 Å². The number of methoxy groups -OCH3 is 3. The Labute approximate surface area is 209 Å². The molecule has 1 amide bonds. The Balaban J connectivity index is 1.59. The summed E-state index contributed by atoms with van der Waals surface area (Å²) in [6.45, 7) is 1.19. The summed E-state index contributed by atoms with van der Waals surface area (Å²) in [5.41, 5.74) is 3.25. The van der Waals surface area contributed by atoms with E-state index in [1.54, 1.807) is 50.5 Å². The molecule has 9 heteroatoms. The van der Waals surface area contributed by atoms with Gasteiger partial charge in [-0.25, -0.2) is 9.67 Å². The SMILES string of the molecule is COCCOc1ccc(CNC(=O)c2cn(-c3ccccc3)nc2-c2ccc(OC)cc2OC)cn1. The van der Waals surface area contributed by atoms with Crippen LogP contribution in [0.4, 0.5) is 0 Å². The van der Waals surface area contributed by atoms with Gasteiger partial charge in [0.1, 0.15) is 23.8 Å². The summed E-state index contributed by atoms with van der Waals surface area (Å²) >= 11 is 0. The second-order valence-corrected chi connectivity index (χ2v) is 7.77. The van der Waals surface area contributed by atoms with E-state index in [1.165, 1.54) is 0 Å². The molecule has 0 saturated heterocycles. The van der Waals surface area contributed by atoms with Crippen LogP contribution >= 0.6 is 0 Å². The van der Waals surface area contributed by atoms with Crippen LogP contribution in [0.25, 0.3) is 16.9 Å². The van der Waals surface area contributed by atoms with Crippen LogP contribution in [0, 0.1) is 0 Å². The van der Waals surface area contributed by atoms with Crippen LogP contribution in [0.5, 0.6) is 17.4 Å². The van der Waals surface area contributed by atoms with Crippen molar-refractivity contribution >= 4 is 5.91 Å². The lowest BCUT2D eigenvalue weighted by Crippen LogP contribution is -2.23. The maximum atomic E-state index is 13.3. The largest absolute Gasteiger partial charge is 0.497 e. The molecule has 0 fully saturated rings. The first kappa shape index (κ1) is 24.7. The molecule has 0 aliphatic heterocycles. The number of rotatable bonds is 11. The first-order valence-electron chi connectivity index (χ1n) is 11.3. The molecule has 0 aliphatic rings. The van der Waals surface area contributed by atoms with Crippen LogP contribution in [0.3, 0.4) is 0 Å². The Morgan fingerprint density at radius 3 is 2.50 bits per heavy atom. The summed E-state index contributed by atoms with van der Waals surface area (Å²) in [5.74, 6) is 1.42. The highest BCUT2D eigenvalue weighted by atomic mass is 16.5. The molecule has 4 aromatic rings. The second-order valence-electron chi connectivity index (χ2n) is 7.77. The highest BCUT2D eigenvalue weighted by Gasteiger charge is 2.21. The Bertz CT molecular complexity index is 1290. The van der Waals surface area contributed by atoms with Gasteiger partial charge in [0.2, 0.25) is 5.88 Å². The van der Waals surface area contributed by atoms with Crippen molar-refractivity contribution in [2.75, 3.05) is 34.5 Å². The average Bonchev–Trinajstić information content (AvgIpc) is 3.38. The molecule has 1 N–H and O–H groups in total. The predicted molar refractivity (Wildman–Crippen MR) is 135 cm³/mol. The smallest absolute Gasteiger partial charge is 0.255 e. The van der Waals surface area contributed by atoms with E-state index in [2.05, 4.69) is 10.3 Å². The topological polar surface area (TPSA) is 96.7 Å². The van der Waals surface area contributed by atoms with E-state index in [9.17, 15) is 4.79 Å². The zero-order valence-electron chi connectivity index (χ0n) is 20.4. The van der Waals surface area contributed by atoms with Gasteiger partial charge >= 0.3 is 0 Å². The monoisotopic (exact) mass is 488 g/mol. The number of amides is 1. The lowest BCUT2D eigenvalue weighted by molar-refractivity contribution is 0.0951. The van der Waals surface area contributed by atoms with Crippen LogP contribution in [0.2, 0.25) is 0 Å². The molecule has 36 heavy (non-hydrogen) atoms. The summed E-state index contributed by atoms with van der Waals surface area (Å²) in [4.78, 5) is 17.6. The molecular formula is C27H28N4O5. The fraction of sp³-hybridized carbons (Fsp3) is 0.222. The number of carbonyl (C=O) groups is 1. The third-order valence-electron chi connectivity index (χ3n) is 5.43. The van der Waals surface area contributed by atoms with Crippen LogP contribution in [-0.2, 0) is 11.3 Å². The predicted octanol–water partition coefficient (Wildman–Crippen LogP) is 3.91. The Kier molecular flexibility index (Phi) is 8.15. The average molecular weight is 489 g/mol. The standard InChI is InChI=1S/C27H28N4O5/c1-33-13-14-36-25-12-9-19(16-28-25)17-29-27(32)23-18-31(20-7-5-4-6-8-20)30-26(23)22-11-10-21(34-2)15-24(22)35-3/h4-12,15-16,18H,13-14,17H2,1-3H3,(H,29,32). The van der Waals surface area contributed by atoms with Gasteiger partial charge < -0.3 is 24.3 Å². The molecule has 2 aromatic carbocycles. The van der Waals surface area contributed by atoms with E-state index in [-0.39, 0.29) is 5.91 Å².